The Balaban J connectivity index is 1.65. The molecule has 160 valence electrons. The number of hydrogen-bond acceptors (Lipinski definition) is 6. The number of halogens is 1. The topological polar surface area (TPSA) is 96.2 Å². The summed E-state index contributed by atoms with van der Waals surface area (Å²) < 4.78 is 34.3. The number of piperazine rings is 1. The number of nitrogens with two attached hydrogens (primary N) is 1. The van der Waals surface area contributed by atoms with E-state index in [9.17, 15) is 13.2 Å². The fourth-order valence-electron chi connectivity index (χ4n) is 3.66. The molecular weight excluding hydrogens is 428 g/mol. The Labute approximate surface area is 180 Å². The van der Waals surface area contributed by atoms with Crippen LogP contribution in [0.25, 0.3) is 0 Å². The van der Waals surface area contributed by atoms with E-state index in [-0.39, 0.29) is 23.9 Å². The van der Waals surface area contributed by atoms with Crippen LogP contribution in [0, 0.1) is 0 Å². The van der Waals surface area contributed by atoms with E-state index in [0.717, 1.165) is 0 Å². The maximum absolute atomic E-state index is 13.4. The number of benzene rings is 2. The van der Waals surface area contributed by atoms with Crippen LogP contribution in [0.1, 0.15) is 0 Å². The predicted molar refractivity (Wildman–Crippen MR) is 115 cm³/mol. The lowest BCUT2D eigenvalue weighted by Gasteiger charge is -2.39. The highest BCUT2D eigenvalue weighted by molar-refractivity contribution is 7.92. The number of nitrogens with zero attached hydrogens (tertiary/aromatic N) is 3. The van der Waals surface area contributed by atoms with Crippen molar-refractivity contribution in [1.82, 2.24) is 9.80 Å². The van der Waals surface area contributed by atoms with Gasteiger partial charge in [0, 0.05) is 37.4 Å². The van der Waals surface area contributed by atoms with Crippen LogP contribution in [0.2, 0.25) is 5.02 Å². The van der Waals surface area contributed by atoms with E-state index in [1.807, 2.05) is 4.90 Å². The summed E-state index contributed by atoms with van der Waals surface area (Å²) in [6.45, 7) is 2.16. The summed E-state index contributed by atoms with van der Waals surface area (Å²) in [5.74, 6) is 0.472. The van der Waals surface area contributed by atoms with Gasteiger partial charge in [-0.2, -0.15) is 0 Å². The fourth-order valence-corrected chi connectivity index (χ4v) is 5.46. The monoisotopic (exact) mass is 450 g/mol. The van der Waals surface area contributed by atoms with Gasteiger partial charge < -0.3 is 15.4 Å². The first-order valence-corrected chi connectivity index (χ1v) is 11.4. The largest absolute Gasteiger partial charge is 0.485 e. The van der Waals surface area contributed by atoms with Crippen LogP contribution in [0.3, 0.4) is 0 Å². The van der Waals surface area contributed by atoms with E-state index < -0.39 is 16.1 Å². The molecule has 1 fully saturated rings. The molecule has 0 aliphatic carbocycles. The van der Waals surface area contributed by atoms with Gasteiger partial charge in [-0.25, -0.2) is 8.42 Å². The van der Waals surface area contributed by atoms with Crippen molar-refractivity contribution in [3.8, 4) is 5.75 Å². The average Bonchev–Trinajstić information content (AvgIpc) is 2.70. The molecule has 10 heteroatoms. The van der Waals surface area contributed by atoms with Crippen LogP contribution in [-0.2, 0) is 14.8 Å². The molecule has 8 nitrogen and oxygen atoms in total. The zero-order valence-electron chi connectivity index (χ0n) is 16.5. The minimum Gasteiger partial charge on any atom is -0.485 e. The number of fused-ring (bicyclic) bond motifs is 1. The van der Waals surface area contributed by atoms with Gasteiger partial charge >= 0.3 is 0 Å². The summed E-state index contributed by atoms with van der Waals surface area (Å²) in [6, 6.07) is 11.1. The maximum Gasteiger partial charge on any atom is 0.264 e. The summed E-state index contributed by atoms with van der Waals surface area (Å²) in [4.78, 5) is 15.8. The van der Waals surface area contributed by atoms with E-state index in [4.69, 9.17) is 22.1 Å². The van der Waals surface area contributed by atoms with Crippen molar-refractivity contribution in [2.45, 2.75) is 11.0 Å². The van der Waals surface area contributed by atoms with Gasteiger partial charge in [-0.1, -0.05) is 17.7 Å². The molecule has 1 amide bonds. The molecule has 2 aliphatic heterocycles. The number of likely N-dealkylation sites (N-methyl/N-ethyl adjacent to an activating group) is 1. The third-order valence-electron chi connectivity index (χ3n) is 5.30. The normalized spacial score (nSPS) is 20.1. The van der Waals surface area contributed by atoms with Crippen LogP contribution in [-0.4, -0.2) is 70.0 Å². The molecular formula is C20H23ClN4O4S. The predicted octanol–water partition coefficient (Wildman–Crippen LogP) is 1.65. The molecule has 0 saturated carbocycles. The van der Waals surface area contributed by atoms with Gasteiger partial charge in [0.1, 0.15) is 11.9 Å². The number of rotatable bonds is 4. The van der Waals surface area contributed by atoms with Gasteiger partial charge in [0.15, 0.2) is 0 Å². The van der Waals surface area contributed by atoms with Crippen LogP contribution >= 0.6 is 11.6 Å². The van der Waals surface area contributed by atoms with Gasteiger partial charge in [-0.15, -0.1) is 0 Å². The molecule has 0 spiro atoms. The van der Waals surface area contributed by atoms with Crippen molar-refractivity contribution in [3.63, 3.8) is 0 Å². The highest BCUT2D eigenvalue weighted by Gasteiger charge is 2.36. The first kappa shape index (κ1) is 20.8. The van der Waals surface area contributed by atoms with E-state index >= 15 is 0 Å². The molecule has 1 atom stereocenters. The summed E-state index contributed by atoms with van der Waals surface area (Å²) in [5, 5.41) is 0.338. The fraction of sp³-hybridized carbons (Fsp3) is 0.350. The second kappa shape index (κ2) is 7.98. The number of anilines is 2. The molecule has 1 saturated heterocycles. The Morgan fingerprint density at radius 2 is 2.00 bits per heavy atom. The lowest BCUT2D eigenvalue weighted by atomic mass is 10.2. The minimum atomic E-state index is -3.89. The number of carbonyl (C=O) groups is 1. The number of hydrogen-bond donors (Lipinski definition) is 1. The van der Waals surface area contributed by atoms with E-state index in [1.54, 1.807) is 42.3 Å². The van der Waals surface area contributed by atoms with Gasteiger partial charge in [0.05, 0.1) is 23.7 Å². The Hall–Kier alpha value is -2.49. The Kier molecular flexibility index (Phi) is 5.52. The lowest BCUT2D eigenvalue weighted by Crippen LogP contribution is -2.54. The molecule has 4 rings (SSSR count). The van der Waals surface area contributed by atoms with Crippen molar-refractivity contribution in [2.24, 2.45) is 0 Å². The third-order valence-corrected chi connectivity index (χ3v) is 7.31. The summed E-state index contributed by atoms with van der Waals surface area (Å²) in [6.07, 6.45) is -0.439. The van der Waals surface area contributed by atoms with Crippen molar-refractivity contribution >= 4 is 38.9 Å². The first-order valence-electron chi connectivity index (χ1n) is 9.55. The van der Waals surface area contributed by atoms with Crippen LogP contribution in [0.15, 0.2) is 47.4 Å². The SMILES string of the molecule is CN1CCN(CC2CN(S(=O)(=O)c3cccc(Cl)c3)c3cc(N)ccc3O2)CC1=O. The number of sulfonamides is 1. The summed E-state index contributed by atoms with van der Waals surface area (Å²) >= 11 is 6.03. The van der Waals surface area contributed by atoms with Gasteiger partial charge in [-0.3, -0.25) is 14.0 Å². The van der Waals surface area contributed by atoms with Crippen LogP contribution in [0.5, 0.6) is 5.75 Å². The van der Waals surface area contributed by atoms with Crippen molar-refractivity contribution in [3.05, 3.63) is 47.5 Å². The lowest BCUT2D eigenvalue weighted by molar-refractivity contribution is -0.134. The van der Waals surface area contributed by atoms with Gasteiger partial charge in [0.25, 0.3) is 10.0 Å². The highest BCUT2D eigenvalue weighted by atomic mass is 35.5. The van der Waals surface area contributed by atoms with Crippen molar-refractivity contribution in [2.75, 3.05) is 49.8 Å². The van der Waals surface area contributed by atoms with E-state index in [1.165, 1.54) is 16.4 Å². The molecule has 2 N–H and O–H groups in total. The Morgan fingerprint density at radius 3 is 2.73 bits per heavy atom. The summed E-state index contributed by atoms with van der Waals surface area (Å²) in [5.41, 5.74) is 6.74. The zero-order valence-corrected chi connectivity index (χ0v) is 18.1. The standard InChI is InChI=1S/C20H23ClN4O4S/c1-23-7-8-24(13-20(23)26)11-16-12-25(18-10-15(22)5-6-19(18)29-16)30(27,28)17-4-2-3-14(21)9-17/h2-6,9-10,16H,7-8,11-13,22H2,1H3. The zero-order chi connectivity index (χ0) is 21.5. The van der Waals surface area contributed by atoms with Crippen molar-refractivity contribution in [1.29, 1.82) is 0 Å². The molecule has 0 radical (unpaired) electrons. The maximum atomic E-state index is 13.4. The van der Waals surface area contributed by atoms with Gasteiger partial charge in [-0.05, 0) is 36.4 Å². The van der Waals surface area contributed by atoms with Crippen LogP contribution in [0.4, 0.5) is 11.4 Å². The van der Waals surface area contributed by atoms with Gasteiger partial charge in [0.2, 0.25) is 5.91 Å². The first-order chi connectivity index (χ1) is 14.2. The molecule has 30 heavy (non-hydrogen) atoms. The molecule has 2 aromatic carbocycles. The van der Waals surface area contributed by atoms with Crippen molar-refractivity contribution < 1.29 is 17.9 Å². The highest BCUT2D eigenvalue weighted by Crippen LogP contribution is 2.38. The smallest absolute Gasteiger partial charge is 0.264 e. The quantitative estimate of drug-likeness (QED) is 0.711. The Morgan fingerprint density at radius 1 is 1.20 bits per heavy atom. The minimum absolute atomic E-state index is 0.0358. The number of carbonyl (C=O) groups excluding carboxylic acids is 1. The number of nitrogen functional groups attached to an aromatic ring is 1. The summed E-state index contributed by atoms with van der Waals surface area (Å²) in [7, 11) is -2.11. The molecule has 2 aromatic rings. The molecule has 0 bridgehead atoms. The third kappa shape index (κ3) is 4.05. The van der Waals surface area contributed by atoms with E-state index in [2.05, 4.69) is 0 Å². The molecule has 2 aliphatic rings. The number of ether oxygens (including phenoxy) is 1. The second-order valence-electron chi connectivity index (χ2n) is 7.51. The molecule has 0 aromatic heterocycles. The molecule has 1 unspecified atom stereocenters. The average molecular weight is 451 g/mol. The number of amides is 1. The Bertz CT molecular complexity index is 1080. The van der Waals surface area contributed by atoms with E-state index in [0.29, 0.717) is 41.8 Å². The second-order valence-corrected chi connectivity index (χ2v) is 9.81. The van der Waals surface area contributed by atoms with Crippen LogP contribution < -0.4 is 14.8 Å². The molecule has 2 heterocycles.